The fourth-order valence-electron chi connectivity index (χ4n) is 3.36. The van der Waals surface area contributed by atoms with Gasteiger partial charge in [0.25, 0.3) is 0 Å². The van der Waals surface area contributed by atoms with Gasteiger partial charge in [-0.05, 0) is 44.5 Å². The molecule has 198 valence electrons. The Labute approximate surface area is 218 Å². The van der Waals surface area contributed by atoms with Gasteiger partial charge in [-0.1, -0.05) is 41.4 Å². The molecule has 37 heavy (non-hydrogen) atoms. The molecule has 0 atom stereocenters. The van der Waals surface area contributed by atoms with E-state index in [0.29, 0.717) is 16.5 Å². The van der Waals surface area contributed by atoms with E-state index in [9.17, 15) is 22.8 Å². The highest BCUT2D eigenvalue weighted by atomic mass is 35.5. The van der Waals surface area contributed by atoms with Crippen LogP contribution in [0.1, 0.15) is 31.4 Å². The molecule has 0 bridgehead atoms. The van der Waals surface area contributed by atoms with Gasteiger partial charge in [0, 0.05) is 13.0 Å². The van der Waals surface area contributed by atoms with Crippen LogP contribution in [-0.2, 0) is 27.9 Å². The van der Waals surface area contributed by atoms with Crippen LogP contribution < -0.4 is 26.5 Å². The first-order chi connectivity index (χ1) is 17.3. The number of carbonyl (C=O) groups is 1. The van der Waals surface area contributed by atoms with Gasteiger partial charge in [-0.15, -0.1) is 0 Å². The van der Waals surface area contributed by atoms with Crippen molar-refractivity contribution in [3.63, 3.8) is 0 Å². The Morgan fingerprint density at radius 1 is 1.14 bits per heavy atom. The molecule has 0 saturated heterocycles. The molecule has 2 N–H and O–H groups in total. The van der Waals surface area contributed by atoms with E-state index in [2.05, 4.69) is 9.98 Å². The monoisotopic (exact) mass is 549 g/mol. The molecule has 0 spiro atoms. The van der Waals surface area contributed by atoms with Gasteiger partial charge in [-0.2, -0.15) is 0 Å². The van der Waals surface area contributed by atoms with Crippen LogP contribution in [0.4, 0.5) is 5.69 Å². The van der Waals surface area contributed by atoms with Gasteiger partial charge >= 0.3 is 11.4 Å². The lowest BCUT2D eigenvalue weighted by Crippen LogP contribution is -2.50. The maximum absolute atomic E-state index is 13.4. The minimum Gasteiger partial charge on any atom is -0.489 e. The molecule has 1 heterocycles. The molecule has 0 aliphatic rings. The molecule has 3 rings (SSSR count). The number of aryl methyl sites for hydroxylation is 1. The maximum Gasteiger partial charge on any atom is 0.335 e. The van der Waals surface area contributed by atoms with Crippen molar-refractivity contribution < 1.29 is 17.9 Å². The fraction of sp³-hybridized carbons (Fsp3) is 0.333. The Bertz CT molecular complexity index is 1590. The number of carbonyl (C=O) groups excluding carboxylic acids is 1. The van der Waals surface area contributed by atoms with Crippen LogP contribution in [0.15, 0.2) is 57.0 Å². The molecule has 0 radical (unpaired) electrons. The van der Waals surface area contributed by atoms with E-state index in [4.69, 9.17) is 16.3 Å². The SMILES string of the molecule is Cc1ccc(Cn2c(=O)n(CCC(=O)NS(C)(=O)=O)c(=O)[nH]/c2=N\c2ccc(OC(C)C)c(Cl)c2)cc1. The van der Waals surface area contributed by atoms with Gasteiger partial charge in [0.15, 0.2) is 0 Å². The zero-order valence-electron chi connectivity index (χ0n) is 20.8. The van der Waals surface area contributed by atoms with E-state index in [1.54, 1.807) is 18.2 Å². The number of aromatic amines is 1. The molecule has 1 aromatic heterocycles. The summed E-state index contributed by atoms with van der Waals surface area (Å²) in [6.45, 7) is 5.41. The lowest BCUT2D eigenvalue weighted by Gasteiger charge is -2.12. The Balaban J connectivity index is 2.08. The summed E-state index contributed by atoms with van der Waals surface area (Å²) in [5.74, 6) is -0.370. The number of amides is 1. The van der Waals surface area contributed by atoms with E-state index < -0.39 is 33.7 Å². The van der Waals surface area contributed by atoms with E-state index in [0.717, 1.165) is 21.9 Å². The summed E-state index contributed by atoms with van der Waals surface area (Å²) < 4.78 is 32.1. The van der Waals surface area contributed by atoms with Crippen LogP contribution in [0, 0.1) is 6.92 Å². The molecule has 0 aliphatic heterocycles. The Hall–Kier alpha value is -3.64. The first kappa shape index (κ1) is 27.9. The number of aromatic nitrogens is 3. The quantitative estimate of drug-likeness (QED) is 0.416. The van der Waals surface area contributed by atoms with Crippen molar-refractivity contribution in [1.82, 2.24) is 18.8 Å². The van der Waals surface area contributed by atoms with Crippen molar-refractivity contribution in [2.45, 2.75) is 46.4 Å². The number of nitrogens with one attached hydrogen (secondary N) is 2. The van der Waals surface area contributed by atoms with Gasteiger partial charge in [-0.25, -0.2) is 27.6 Å². The number of halogens is 1. The molecule has 0 saturated carbocycles. The number of H-pyrrole nitrogens is 1. The van der Waals surface area contributed by atoms with Crippen molar-refractivity contribution in [1.29, 1.82) is 0 Å². The minimum atomic E-state index is -3.77. The van der Waals surface area contributed by atoms with Gasteiger partial charge in [-0.3, -0.25) is 19.1 Å². The number of hydrogen-bond acceptors (Lipinski definition) is 7. The number of sulfonamides is 1. The van der Waals surface area contributed by atoms with E-state index in [-0.39, 0.29) is 24.8 Å². The number of nitrogens with zero attached hydrogens (tertiary/aromatic N) is 3. The van der Waals surface area contributed by atoms with Gasteiger partial charge < -0.3 is 4.74 Å². The third kappa shape index (κ3) is 7.92. The topological polar surface area (TPSA) is 145 Å². The summed E-state index contributed by atoms with van der Waals surface area (Å²) in [7, 11) is -3.77. The fourth-order valence-corrected chi connectivity index (χ4v) is 4.10. The first-order valence-electron chi connectivity index (χ1n) is 11.3. The Morgan fingerprint density at radius 2 is 1.81 bits per heavy atom. The smallest absolute Gasteiger partial charge is 0.335 e. The van der Waals surface area contributed by atoms with Gasteiger partial charge in [0.1, 0.15) is 5.75 Å². The number of benzene rings is 2. The van der Waals surface area contributed by atoms with Crippen LogP contribution in [0.25, 0.3) is 0 Å². The zero-order chi connectivity index (χ0) is 27.3. The van der Waals surface area contributed by atoms with Crippen LogP contribution >= 0.6 is 11.6 Å². The summed E-state index contributed by atoms with van der Waals surface area (Å²) in [5, 5.41) is 0.313. The molecule has 0 fully saturated rings. The molecule has 2 aromatic carbocycles. The van der Waals surface area contributed by atoms with E-state index >= 15 is 0 Å². The molecule has 0 unspecified atom stereocenters. The van der Waals surface area contributed by atoms with Gasteiger partial charge in [0.05, 0.1) is 29.6 Å². The third-order valence-corrected chi connectivity index (χ3v) is 5.91. The van der Waals surface area contributed by atoms with E-state index in [1.165, 1.54) is 4.57 Å². The second-order valence-electron chi connectivity index (χ2n) is 8.70. The number of rotatable bonds is 9. The largest absolute Gasteiger partial charge is 0.489 e. The third-order valence-electron chi connectivity index (χ3n) is 5.02. The molecular formula is C24H28ClN5O6S. The molecule has 3 aromatic rings. The molecule has 11 nitrogen and oxygen atoms in total. The normalized spacial score (nSPS) is 12.1. The van der Waals surface area contributed by atoms with E-state index in [1.807, 2.05) is 49.8 Å². The average Bonchev–Trinajstić information content (AvgIpc) is 2.78. The summed E-state index contributed by atoms with van der Waals surface area (Å²) in [5.41, 5.74) is 0.632. The second-order valence-corrected chi connectivity index (χ2v) is 10.9. The van der Waals surface area contributed by atoms with Crippen molar-refractivity contribution in [3.05, 3.63) is 85.2 Å². The standard InChI is InChI=1S/C24H28ClN5O6S/c1-15(2)36-20-10-9-18(13-19(20)25)26-22-27-23(32)29(12-11-21(31)28-37(4,34)35)24(33)30(22)14-17-7-5-16(3)6-8-17/h5-10,13,15H,11-12,14H2,1-4H3,(H,28,31)(H,26,27,32). The van der Waals surface area contributed by atoms with Crippen molar-refractivity contribution in [2.75, 3.05) is 6.26 Å². The highest BCUT2D eigenvalue weighted by Crippen LogP contribution is 2.29. The Morgan fingerprint density at radius 3 is 2.41 bits per heavy atom. The van der Waals surface area contributed by atoms with Crippen LogP contribution in [0.3, 0.4) is 0 Å². The summed E-state index contributed by atoms with van der Waals surface area (Å²) in [6, 6.07) is 12.3. The Kier molecular flexibility index (Phi) is 8.77. The number of hydrogen-bond donors (Lipinski definition) is 2. The molecule has 0 aliphatic carbocycles. The zero-order valence-corrected chi connectivity index (χ0v) is 22.4. The predicted octanol–water partition coefficient (Wildman–Crippen LogP) is 1.83. The lowest BCUT2D eigenvalue weighted by molar-refractivity contribution is -0.119. The predicted molar refractivity (Wildman–Crippen MR) is 140 cm³/mol. The summed E-state index contributed by atoms with van der Waals surface area (Å²) in [6.07, 6.45) is 0.355. The van der Waals surface area contributed by atoms with Crippen molar-refractivity contribution in [3.8, 4) is 5.75 Å². The highest BCUT2D eigenvalue weighted by molar-refractivity contribution is 7.89. The molecule has 13 heteroatoms. The highest BCUT2D eigenvalue weighted by Gasteiger charge is 2.14. The summed E-state index contributed by atoms with van der Waals surface area (Å²) in [4.78, 5) is 45.1. The second kappa shape index (κ2) is 11.6. The van der Waals surface area contributed by atoms with Crippen LogP contribution in [0.5, 0.6) is 5.75 Å². The number of ether oxygens (including phenoxy) is 1. The molecule has 1 amide bonds. The minimum absolute atomic E-state index is 0.0268. The van der Waals surface area contributed by atoms with Gasteiger partial charge in [0.2, 0.25) is 21.5 Å². The lowest BCUT2D eigenvalue weighted by atomic mass is 10.1. The van der Waals surface area contributed by atoms with Crippen molar-refractivity contribution in [2.24, 2.45) is 4.99 Å². The van der Waals surface area contributed by atoms with Crippen LogP contribution in [0.2, 0.25) is 5.02 Å². The summed E-state index contributed by atoms with van der Waals surface area (Å²) >= 11 is 6.32. The average molecular weight is 550 g/mol. The molecular weight excluding hydrogens is 522 g/mol. The van der Waals surface area contributed by atoms with Crippen molar-refractivity contribution >= 4 is 33.2 Å². The van der Waals surface area contributed by atoms with Crippen LogP contribution in [-0.4, -0.2) is 40.8 Å². The maximum atomic E-state index is 13.4. The first-order valence-corrected chi connectivity index (χ1v) is 13.6.